The Morgan fingerprint density at radius 3 is 2.39 bits per heavy atom. The minimum absolute atomic E-state index is 0.0335. The number of nitrogens with zero attached hydrogens (tertiary/aromatic N) is 4. The van der Waals surface area contributed by atoms with Gasteiger partial charge in [-0.2, -0.15) is 19.0 Å². The third-order valence-electron chi connectivity index (χ3n) is 4.90. The van der Waals surface area contributed by atoms with Gasteiger partial charge in [-0.1, -0.05) is 0 Å². The third-order valence-corrected chi connectivity index (χ3v) is 8.73. The van der Waals surface area contributed by atoms with Gasteiger partial charge in [-0.15, -0.1) is 0 Å². The average Bonchev–Trinajstić information content (AvgIpc) is 2.96. The summed E-state index contributed by atoms with van der Waals surface area (Å²) in [5.74, 6) is 0.0335. The van der Waals surface area contributed by atoms with E-state index < -0.39 is 53.0 Å². The highest BCUT2D eigenvalue weighted by atomic mass is 31.3. The van der Waals surface area contributed by atoms with Gasteiger partial charge in [-0.3, -0.25) is 4.52 Å². The minimum atomic E-state index is -5.80. The molecule has 0 bridgehead atoms. The number of phosphoric ester groups is 1. The molecule has 1 saturated carbocycles. The van der Waals surface area contributed by atoms with E-state index in [1.54, 1.807) is 6.07 Å². The quantitative estimate of drug-likeness (QED) is 0.196. The predicted molar refractivity (Wildman–Crippen MR) is 99.3 cm³/mol. The maximum atomic E-state index is 12.0. The lowest BCUT2D eigenvalue weighted by Gasteiger charge is -2.29. The summed E-state index contributed by atoms with van der Waals surface area (Å²) >= 11 is 0. The molecule has 180 valence electrons. The van der Waals surface area contributed by atoms with Gasteiger partial charge in [-0.25, -0.2) is 23.2 Å². The Balaban J connectivity index is 1.57. The van der Waals surface area contributed by atoms with Crippen LogP contribution in [0.25, 0.3) is 5.52 Å². The largest absolute Gasteiger partial charge is 0.490 e. The number of phosphoric acid groups is 3. The van der Waals surface area contributed by atoms with Crippen LogP contribution in [0.2, 0.25) is 0 Å². The molecule has 1 aliphatic heterocycles. The van der Waals surface area contributed by atoms with Crippen LogP contribution in [-0.2, 0) is 37.2 Å². The second-order valence-corrected chi connectivity index (χ2v) is 11.3. The number of nitrogens with two attached hydrogens (primary N) is 1. The number of aromatic nitrogens is 3. The standard InChI is InChI=1S/C12H14N5O13P3/c13-3-11(6-2-1-5-9(14)15-4-16-17(5)6)10(18)12(19)7(27-11)8(12)28-32(23,24)30-33(25,26)29-31(20,21)22/h1-2,4,7-8,10,18-19H,(H,23,24)(H,25,26)(H2,14,15,16)(H2,20,21,22)/t7-,8?,10+,11+,12+/m1/s1. The van der Waals surface area contributed by atoms with Gasteiger partial charge in [0.05, 0.1) is 5.69 Å². The lowest BCUT2D eigenvalue weighted by molar-refractivity contribution is -0.105. The Morgan fingerprint density at radius 1 is 1.18 bits per heavy atom. The van der Waals surface area contributed by atoms with Crippen molar-refractivity contribution in [3.63, 3.8) is 0 Å². The summed E-state index contributed by atoms with van der Waals surface area (Å²) in [6, 6.07) is 4.44. The first kappa shape index (κ1) is 24.3. The van der Waals surface area contributed by atoms with Crippen LogP contribution in [0.3, 0.4) is 0 Å². The maximum absolute atomic E-state index is 12.0. The van der Waals surface area contributed by atoms with E-state index in [2.05, 4.69) is 23.2 Å². The number of anilines is 1. The first-order valence-corrected chi connectivity index (χ1v) is 13.0. The first-order valence-electron chi connectivity index (χ1n) is 8.47. The number of fused-ring (bicyclic) bond motifs is 2. The van der Waals surface area contributed by atoms with Gasteiger partial charge in [-0.05, 0) is 12.1 Å². The summed E-state index contributed by atoms with van der Waals surface area (Å²) in [5.41, 5.74) is 1.19. The van der Waals surface area contributed by atoms with Crippen molar-refractivity contribution in [3.8, 4) is 6.07 Å². The number of nitrogen functional groups attached to an aromatic ring is 1. The molecule has 21 heteroatoms. The monoisotopic (exact) mass is 529 g/mol. The number of nitriles is 1. The first-order chi connectivity index (χ1) is 15.1. The lowest BCUT2D eigenvalue weighted by atomic mass is 9.90. The summed E-state index contributed by atoms with van der Waals surface area (Å²) in [5, 5.41) is 35.2. The highest BCUT2D eigenvalue weighted by molar-refractivity contribution is 7.66. The molecule has 8 N–H and O–H groups in total. The Bertz CT molecular complexity index is 1320. The van der Waals surface area contributed by atoms with E-state index in [-0.39, 0.29) is 17.0 Å². The summed E-state index contributed by atoms with van der Waals surface area (Å²) < 4.78 is 52.4. The van der Waals surface area contributed by atoms with Crippen molar-refractivity contribution in [1.29, 1.82) is 5.26 Å². The summed E-state index contributed by atoms with van der Waals surface area (Å²) in [4.78, 5) is 39.7. The summed E-state index contributed by atoms with van der Waals surface area (Å²) in [6.07, 6.45) is -4.51. The van der Waals surface area contributed by atoms with Crippen LogP contribution in [0.1, 0.15) is 5.69 Å². The van der Waals surface area contributed by atoms with Crippen LogP contribution in [0, 0.1) is 11.3 Å². The maximum Gasteiger partial charge on any atom is 0.490 e. The van der Waals surface area contributed by atoms with Crippen LogP contribution in [0.15, 0.2) is 18.5 Å². The highest BCUT2D eigenvalue weighted by Crippen LogP contribution is 2.69. The van der Waals surface area contributed by atoms with Crippen LogP contribution in [-0.4, -0.2) is 68.3 Å². The Kier molecular flexibility index (Phi) is 5.42. The van der Waals surface area contributed by atoms with Gasteiger partial charge in [0.25, 0.3) is 0 Å². The Labute approximate surface area is 182 Å². The van der Waals surface area contributed by atoms with Crippen LogP contribution in [0.5, 0.6) is 0 Å². The van der Waals surface area contributed by atoms with Crippen molar-refractivity contribution in [2.24, 2.45) is 0 Å². The van der Waals surface area contributed by atoms with Gasteiger partial charge in [0.2, 0.25) is 5.60 Å². The van der Waals surface area contributed by atoms with Gasteiger partial charge >= 0.3 is 23.5 Å². The molecule has 0 amide bonds. The molecular weight excluding hydrogens is 515 g/mol. The van der Waals surface area contributed by atoms with Crippen LogP contribution >= 0.6 is 23.5 Å². The third kappa shape index (κ3) is 3.93. The topological polar surface area (TPSA) is 290 Å². The van der Waals surface area contributed by atoms with Crippen LogP contribution < -0.4 is 5.73 Å². The fourth-order valence-electron chi connectivity index (χ4n) is 3.55. The Hall–Kier alpha value is -1.80. The number of rotatable bonds is 7. The van der Waals surface area contributed by atoms with E-state index in [1.807, 2.05) is 0 Å². The minimum Gasteiger partial charge on any atom is -0.385 e. The molecule has 3 unspecified atom stereocenters. The van der Waals surface area contributed by atoms with Crippen molar-refractivity contribution >= 4 is 34.8 Å². The van der Waals surface area contributed by atoms with E-state index in [4.69, 9.17) is 20.3 Å². The zero-order valence-corrected chi connectivity index (χ0v) is 18.4. The van der Waals surface area contributed by atoms with Crippen molar-refractivity contribution < 1.29 is 61.4 Å². The Morgan fingerprint density at radius 2 is 1.85 bits per heavy atom. The van der Waals surface area contributed by atoms with E-state index in [0.717, 1.165) is 10.8 Å². The van der Waals surface area contributed by atoms with Gasteiger partial charge in [0.1, 0.15) is 36.2 Å². The molecule has 0 radical (unpaired) electrons. The molecule has 2 aromatic heterocycles. The highest BCUT2D eigenvalue weighted by Gasteiger charge is 2.83. The smallest absolute Gasteiger partial charge is 0.385 e. The molecule has 0 aromatic carbocycles. The SMILES string of the molecule is N#C[C@@]1(c2ccc3c(N)ncnn23)O[C@@H]2C(OP(=O)(O)OP(=O)(O)OP(=O)(O)O)[C@]2(O)[C@H]1O. The molecule has 2 aromatic rings. The molecule has 7 atom stereocenters. The van der Waals surface area contributed by atoms with Crippen molar-refractivity contribution in [1.82, 2.24) is 14.6 Å². The van der Waals surface area contributed by atoms with E-state index in [0.29, 0.717) is 0 Å². The zero-order chi connectivity index (χ0) is 24.6. The van der Waals surface area contributed by atoms with Gasteiger partial charge in [0.15, 0.2) is 11.4 Å². The molecule has 3 heterocycles. The van der Waals surface area contributed by atoms with Crippen molar-refractivity contribution in [3.05, 3.63) is 24.2 Å². The molecule has 1 saturated heterocycles. The lowest BCUT2D eigenvalue weighted by Crippen LogP contribution is -2.47. The molecule has 1 aliphatic carbocycles. The molecular formula is C12H14N5O13P3. The van der Waals surface area contributed by atoms with E-state index >= 15 is 0 Å². The predicted octanol–water partition coefficient (Wildman–Crippen LogP) is -1.75. The number of aliphatic hydroxyl groups is 2. The van der Waals surface area contributed by atoms with E-state index in [9.17, 15) is 39.0 Å². The molecule has 2 fully saturated rings. The number of ether oxygens (including phenoxy) is 1. The molecule has 4 rings (SSSR count). The molecule has 18 nitrogen and oxygen atoms in total. The summed E-state index contributed by atoms with van der Waals surface area (Å²) in [7, 11) is -17.0. The van der Waals surface area contributed by atoms with Crippen molar-refractivity contribution in [2.45, 2.75) is 29.5 Å². The summed E-state index contributed by atoms with van der Waals surface area (Å²) in [6.45, 7) is 0. The second kappa shape index (κ2) is 7.35. The van der Waals surface area contributed by atoms with E-state index in [1.165, 1.54) is 12.1 Å². The van der Waals surface area contributed by atoms with Gasteiger partial charge in [0, 0.05) is 0 Å². The second-order valence-electron chi connectivity index (χ2n) is 6.95. The fraction of sp³-hybridized carbons (Fsp3) is 0.417. The number of aliphatic hydroxyl groups excluding tert-OH is 1. The molecule has 2 aliphatic rings. The molecule has 33 heavy (non-hydrogen) atoms. The number of hydrogen-bond acceptors (Lipinski definition) is 13. The normalized spacial score (nSPS) is 34.9. The van der Waals surface area contributed by atoms with Gasteiger partial charge < -0.3 is 40.3 Å². The van der Waals surface area contributed by atoms with Crippen LogP contribution in [0.4, 0.5) is 5.82 Å². The zero-order valence-electron chi connectivity index (χ0n) is 15.7. The number of hydrogen-bond donors (Lipinski definition) is 7. The van der Waals surface area contributed by atoms with Crippen molar-refractivity contribution in [2.75, 3.05) is 5.73 Å². The average molecular weight is 529 g/mol. The molecule has 0 spiro atoms. The fourth-order valence-corrected chi connectivity index (χ4v) is 6.78.